The lowest BCUT2D eigenvalue weighted by atomic mass is 10.1. The third kappa shape index (κ3) is 2.68. The maximum absolute atomic E-state index is 12.9. The van der Waals surface area contributed by atoms with Crippen molar-refractivity contribution in [2.75, 3.05) is 12.3 Å². The summed E-state index contributed by atoms with van der Waals surface area (Å²) in [5.74, 6) is -1.29. The van der Waals surface area contributed by atoms with Gasteiger partial charge in [-0.05, 0) is 26.0 Å². The number of nitrogens with two attached hydrogens (primary N) is 1. The number of imide groups is 1. The first kappa shape index (κ1) is 19.3. The van der Waals surface area contributed by atoms with Crippen LogP contribution in [-0.2, 0) is 14.2 Å². The van der Waals surface area contributed by atoms with Crippen LogP contribution in [0.5, 0.6) is 0 Å². The third-order valence-corrected chi connectivity index (χ3v) is 6.03. The zero-order chi connectivity index (χ0) is 22.2. The highest BCUT2D eigenvalue weighted by molar-refractivity contribution is 6.21. The number of hydrogen-bond acceptors (Lipinski definition) is 9. The van der Waals surface area contributed by atoms with Crippen LogP contribution >= 0.6 is 0 Å². The molecule has 0 bridgehead atoms. The summed E-state index contributed by atoms with van der Waals surface area (Å²) in [6, 6.07) is 6.77. The van der Waals surface area contributed by atoms with Crippen LogP contribution in [0.4, 0.5) is 5.82 Å². The number of carbonyl (C=O) groups is 2. The molecule has 6 rings (SSSR count). The van der Waals surface area contributed by atoms with E-state index in [0.717, 1.165) is 0 Å². The number of ether oxygens (including phenoxy) is 3. The van der Waals surface area contributed by atoms with E-state index < -0.39 is 30.3 Å². The van der Waals surface area contributed by atoms with E-state index in [9.17, 15) is 9.59 Å². The molecule has 0 radical (unpaired) electrons. The van der Waals surface area contributed by atoms with Crippen molar-refractivity contribution in [3.05, 3.63) is 48.0 Å². The minimum atomic E-state index is -0.859. The van der Waals surface area contributed by atoms with E-state index in [2.05, 4.69) is 15.0 Å². The fraction of sp³-hybridized carbons (Fsp3) is 0.381. The van der Waals surface area contributed by atoms with Crippen LogP contribution in [0.15, 0.2) is 36.9 Å². The van der Waals surface area contributed by atoms with Gasteiger partial charge in [0.15, 0.2) is 23.5 Å². The molecule has 3 aliphatic rings. The van der Waals surface area contributed by atoms with Gasteiger partial charge < -0.3 is 19.9 Å². The molecule has 11 heteroatoms. The summed E-state index contributed by atoms with van der Waals surface area (Å²) < 4.78 is 20.3. The largest absolute Gasteiger partial charge is 0.382 e. The van der Waals surface area contributed by atoms with E-state index in [4.69, 9.17) is 19.9 Å². The number of rotatable bonds is 3. The lowest BCUT2D eigenvalue weighted by Gasteiger charge is -2.26. The standard InChI is InChI=1S/C21H20N6O5/c1-21(2)31-14-12(7-26-18(28)10-5-3-4-6-11(10)19(26)29)30-20(15(14)32-21)27-9-25-13-16(22)23-8-24-17(13)27/h3-6,8-9,12,14-15,20H,7H2,1-2H3,(H2,22,23,24)/t12?,14-,15-,20?/m1/s1. The first-order valence-corrected chi connectivity index (χ1v) is 10.2. The molecular formula is C21H20N6O5. The second kappa shape index (κ2) is 6.55. The molecule has 5 heterocycles. The van der Waals surface area contributed by atoms with Crippen molar-refractivity contribution in [3.8, 4) is 0 Å². The Bertz CT molecular complexity index is 1240. The Labute approximate surface area is 182 Å². The average molecular weight is 436 g/mol. The summed E-state index contributed by atoms with van der Waals surface area (Å²) in [6.45, 7) is 3.66. The minimum absolute atomic E-state index is 0.0349. The van der Waals surface area contributed by atoms with Gasteiger partial charge in [0, 0.05) is 0 Å². The van der Waals surface area contributed by atoms with Crippen LogP contribution in [0.3, 0.4) is 0 Å². The lowest BCUT2D eigenvalue weighted by Crippen LogP contribution is -2.42. The van der Waals surface area contributed by atoms with Crippen molar-refractivity contribution in [2.24, 2.45) is 0 Å². The lowest BCUT2D eigenvalue weighted by molar-refractivity contribution is -0.196. The number of nitrogen functional groups attached to an aromatic ring is 1. The number of fused-ring (bicyclic) bond motifs is 3. The molecular weight excluding hydrogens is 416 g/mol. The number of anilines is 1. The van der Waals surface area contributed by atoms with Crippen molar-refractivity contribution in [3.63, 3.8) is 0 Å². The summed E-state index contributed by atoms with van der Waals surface area (Å²) in [7, 11) is 0. The highest BCUT2D eigenvalue weighted by atomic mass is 16.8. The fourth-order valence-corrected chi connectivity index (χ4v) is 4.67. The highest BCUT2D eigenvalue weighted by Crippen LogP contribution is 2.44. The van der Waals surface area contributed by atoms with Crippen molar-refractivity contribution in [1.82, 2.24) is 24.4 Å². The molecule has 2 saturated heterocycles. The number of nitrogens with zero attached hydrogens (tertiary/aromatic N) is 5. The van der Waals surface area contributed by atoms with Gasteiger partial charge >= 0.3 is 0 Å². The molecule has 1 aromatic carbocycles. The number of benzene rings is 1. The predicted octanol–water partition coefficient (Wildman–Crippen LogP) is 1.12. The maximum atomic E-state index is 12.9. The molecule has 0 saturated carbocycles. The second-order valence-electron chi connectivity index (χ2n) is 8.48. The Morgan fingerprint density at radius 2 is 1.72 bits per heavy atom. The van der Waals surface area contributed by atoms with Crippen LogP contribution in [0, 0.1) is 0 Å². The molecule has 3 aromatic rings. The van der Waals surface area contributed by atoms with Gasteiger partial charge in [-0.15, -0.1) is 0 Å². The molecule has 3 aliphatic heterocycles. The topological polar surface area (TPSA) is 135 Å². The van der Waals surface area contributed by atoms with Crippen LogP contribution in [0.2, 0.25) is 0 Å². The molecule has 2 N–H and O–H groups in total. The van der Waals surface area contributed by atoms with E-state index in [1.807, 2.05) is 13.8 Å². The van der Waals surface area contributed by atoms with E-state index in [0.29, 0.717) is 22.3 Å². The molecule has 0 aliphatic carbocycles. The van der Waals surface area contributed by atoms with Crippen molar-refractivity contribution in [2.45, 2.75) is 44.2 Å². The van der Waals surface area contributed by atoms with Gasteiger partial charge in [-0.25, -0.2) is 15.0 Å². The van der Waals surface area contributed by atoms with Crippen molar-refractivity contribution >= 4 is 28.8 Å². The summed E-state index contributed by atoms with van der Waals surface area (Å²) in [5.41, 5.74) is 7.65. The van der Waals surface area contributed by atoms with Gasteiger partial charge in [0.2, 0.25) is 0 Å². The molecule has 0 spiro atoms. The molecule has 2 fully saturated rings. The number of amides is 2. The van der Waals surface area contributed by atoms with Crippen LogP contribution in [-0.4, -0.2) is 66.9 Å². The summed E-state index contributed by atoms with van der Waals surface area (Å²) >= 11 is 0. The molecule has 4 atom stereocenters. The van der Waals surface area contributed by atoms with Crippen LogP contribution < -0.4 is 5.73 Å². The van der Waals surface area contributed by atoms with Gasteiger partial charge in [-0.3, -0.25) is 19.1 Å². The predicted molar refractivity (Wildman–Crippen MR) is 109 cm³/mol. The number of aromatic nitrogens is 4. The van der Waals surface area contributed by atoms with Gasteiger partial charge in [0.05, 0.1) is 24.0 Å². The normalized spacial score (nSPS) is 28.5. The monoisotopic (exact) mass is 436 g/mol. The SMILES string of the molecule is CC1(C)O[C@@H]2C(CN3C(=O)c4ccccc4C3=O)OC(n3cnc4c(N)ncnc43)[C@@H]2O1. The van der Waals surface area contributed by atoms with Gasteiger partial charge in [-0.1, -0.05) is 12.1 Å². The molecule has 2 amide bonds. The summed E-state index contributed by atoms with van der Waals surface area (Å²) in [4.78, 5) is 39.5. The van der Waals surface area contributed by atoms with E-state index in [1.165, 1.54) is 11.2 Å². The molecule has 164 valence electrons. The number of imidazole rings is 1. The first-order valence-electron chi connectivity index (χ1n) is 10.2. The Kier molecular flexibility index (Phi) is 3.95. The van der Waals surface area contributed by atoms with Crippen LogP contribution in [0.1, 0.15) is 40.8 Å². The zero-order valence-electron chi connectivity index (χ0n) is 17.3. The second-order valence-corrected chi connectivity index (χ2v) is 8.48. The van der Waals surface area contributed by atoms with Gasteiger partial charge in [0.25, 0.3) is 11.8 Å². The summed E-state index contributed by atoms with van der Waals surface area (Å²) in [6.07, 6.45) is 0.673. The zero-order valence-corrected chi connectivity index (χ0v) is 17.3. The molecule has 11 nitrogen and oxygen atoms in total. The van der Waals surface area contributed by atoms with Gasteiger partial charge in [0.1, 0.15) is 30.2 Å². The summed E-state index contributed by atoms with van der Waals surface area (Å²) in [5, 5.41) is 0. The molecule has 32 heavy (non-hydrogen) atoms. The smallest absolute Gasteiger partial charge is 0.261 e. The average Bonchev–Trinajstić information content (AvgIpc) is 3.47. The molecule has 2 aromatic heterocycles. The Balaban J connectivity index is 1.34. The van der Waals surface area contributed by atoms with Crippen molar-refractivity contribution in [1.29, 1.82) is 0 Å². The van der Waals surface area contributed by atoms with E-state index >= 15 is 0 Å². The third-order valence-electron chi connectivity index (χ3n) is 6.03. The Morgan fingerprint density at radius 1 is 1.03 bits per heavy atom. The minimum Gasteiger partial charge on any atom is -0.382 e. The highest BCUT2D eigenvalue weighted by Gasteiger charge is 2.57. The quantitative estimate of drug-likeness (QED) is 0.599. The van der Waals surface area contributed by atoms with Gasteiger partial charge in [-0.2, -0.15) is 0 Å². The Hall–Kier alpha value is -3.41. The fourth-order valence-electron chi connectivity index (χ4n) is 4.67. The van der Waals surface area contributed by atoms with Crippen LogP contribution in [0.25, 0.3) is 11.2 Å². The Morgan fingerprint density at radius 3 is 2.44 bits per heavy atom. The number of carbonyl (C=O) groups excluding carboxylic acids is 2. The van der Waals surface area contributed by atoms with Crippen molar-refractivity contribution < 1.29 is 23.8 Å². The number of hydrogen-bond donors (Lipinski definition) is 1. The first-order chi connectivity index (χ1) is 15.3. The maximum Gasteiger partial charge on any atom is 0.261 e. The van der Waals surface area contributed by atoms with E-state index in [-0.39, 0.29) is 24.2 Å². The molecule has 2 unspecified atom stereocenters. The van der Waals surface area contributed by atoms with E-state index in [1.54, 1.807) is 35.2 Å².